The van der Waals surface area contributed by atoms with Crippen molar-refractivity contribution in [2.45, 2.75) is 26.9 Å². The molecule has 1 aromatic rings. The molecule has 5 nitrogen and oxygen atoms in total. The van der Waals surface area contributed by atoms with Crippen molar-refractivity contribution in [3.8, 4) is 5.75 Å². The van der Waals surface area contributed by atoms with E-state index in [1.165, 1.54) is 6.92 Å². The fourth-order valence-corrected chi connectivity index (χ4v) is 1.84. The van der Waals surface area contributed by atoms with Crippen LogP contribution in [-0.2, 0) is 22.6 Å². The number of nitrogens with zero attached hydrogens (tertiary/aromatic N) is 1. The summed E-state index contributed by atoms with van der Waals surface area (Å²) in [6.07, 6.45) is 0.650. The fraction of sp³-hybridized carbons (Fsp3) is 0.455. The first-order valence-corrected chi connectivity index (χ1v) is 5.16. The highest BCUT2D eigenvalue weighted by Gasteiger charge is 2.21. The van der Waals surface area contributed by atoms with Crippen LogP contribution >= 0.6 is 0 Å². The number of aryl methyl sites for hydroxylation is 1. The van der Waals surface area contributed by atoms with Crippen LogP contribution in [0, 0.1) is 6.92 Å². The van der Waals surface area contributed by atoms with Gasteiger partial charge in [-0.3, -0.25) is 4.79 Å². The Morgan fingerprint density at radius 1 is 1.50 bits per heavy atom. The molecule has 2 N–H and O–H groups in total. The molecule has 2 rings (SSSR count). The topological polar surface area (TPSA) is 71.5 Å². The summed E-state index contributed by atoms with van der Waals surface area (Å²) in [5, 5.41) is 12.5. The Bertz CT molecular complexity index is 443. The summed E-state index contributed by atoms with van der Waals surface area (Å²) in [5.74, 6) is 0.537. The molecule has 0 radical (unpaired) electrons. The lowest BCUT2D eigenvalue weighted by Crippen LogP contribution is -2.17. The van der Waals surface area contributed by atoms with Gasteiger partial charge >= 0.3 is 0 Å². The molecule has 0 aliphatic carbocycles. The fourth-order valence-electron chi connectivity index (χ4n) is 1.84. The molecular formula is C11H14N2O3. The van der Waals surface area contributed by atoms with Crippen molar-refractivity contribution in [2.75, 3.05) is 11.9 Å². The van der Waals surface area contributed by atoms with Gasteiger partial charge in [0.15, 0.2) is 0 Å². The zero-order chi connectivity index (χ0) is 11.7. The predicted molar refractivity (Wildman–Crippen MR) is 58.3 cm³/mol. The Balaban J connectivity index is 2.52. The van der Waals surface area contributed by atoms with E-state index in [2.05, 4.69) is 10.3 Å². The highest BCUT2D eigenvalue weighted by Crippen LogP contribution is 2.32. The Labute approximate surface area is 93.5 Å². The van der Waals surface area contributed by atoms with Crippen molar-refractivity contribution in [3.63, 3.8) is 0 Å². The van der Waals surface area contributed by atoms with Gasteiger partial charge in [-0.15, -0.1) is 0 Å². The molecule has 0 atom stereocenters. The van der Waals surface area contributed by atoms with E-state index in [1.54, 1.807) is 6.92 Å². The normalized spacial score (nSPS) is 14.4. The molecule has 86 valence electrons. The van der Waals surface area contributed by atoms with E-state index < -0.39 is 0 Å². The van der Waals surface area contributed by atoms with Gasteiger partial charge in [-0.25, -0.2) is 4.98 Å². The molecule has 1 amide bonds. The number of ether oxygens (including phenoxy) is 1. The maximum Gasteiger partial charge on any atom is 0.222 e. The number of aromatic hydroxyl groups is 1. The van der Waals surface area contributed by atoms with E-state index >= 15 is 0 Å². The third kappa shape index (κ3) is 1.86. The van der Waals surface area contributed by atoms with E-state index in [1.807, 2.05) is 0 Å². The zero-order valence-corrected chi connectivity index (χ0v) is 9.33. The molecule has 16 heavy (non-hydrogen) atoms. The summed E-state index contributed by atoms with van der Waals surface area (Å²) in [5.41, 5.74) is 2.15. The van der Waals surface area contributed by atoms with Crippen molar-refractivity contribution in [1.29, 1.82) is 0 Å². The Kier molecular flexibility index (Phi) is 2.78. The van der Waals surface area contributed by atoms with Gasteiger partial charge in [0, 0.05) is 18.1 Å². The number of hydrogen-bond donors (Lipinski definition) is 2. The van der Waals surface area contributed by atoms with Crippen molar-refractivity contribution < 1.29 is 14.6 Å². The molecule has 1 aliphatic heterocycles. The van der Waals surface area contributed by atoms with Gasteiger partial charge in [-0.05, 0) is 13.3 Å². The van der Waals surface area contributed by atoms with Crippen molar-refractivity contribution >= 4 is 11.7 Å². The van der Waals surface area contributed by atoms with E-state index in [9.17, 15) is 9.90 Å². The second kappa shape index (κ2) is 4.09. The first kappa shape index (κ1) is 10.9. The molecule has 5 heteroatoms. The van der Waals surface area contributed by atoms with Gasteiger partial charge in [0.25, 0.3) is 0 Å². The second-order valence-corrected chi connectivity index (χ2v) is 3.84. The monoisotopic (exact) mass is 222 g/mol. The Hall–Kier alpha value is -1.62. The predicted octanol–water partition coefficient (Wildman–Crippen LogP) is 1.13. The van der Waals surface area contributed by atoms with Gasteiger partial charge in [0.1, 0.15) is 11.6 Å². The molecule has 0 unspecified atom stereocenters. The number of hydrogen-bond acceptors (Lipinski definition) is 4. The number of rotatable bonds is 1. The van der Waals surface area contributed by atoms with Gasteiger partial charge in [-0.2, -0.15) is 0 Å². The highest BCUT2D eigenvalue weighted by molar-refractivity contribution is 5.88. The maximum absolute atomic E-state index is 11.0. The van der Waals surface area contributed by atoms with Crippen LogP contribution in [0.15, 0.2) is 0 Å². The third-order valence-electron chi connectivity index (χ3n) is 2.60. The van der Waals surface area contributed by atoms with E-state index in [0.717, 1.165) is 11.1 Å². The molecule has 0 spiro atoms. The first-order valence-electron chi connectivity index (χ1n) is 5.16. The van der Waals surface area contributed by atoms with Gasteiger partial charge in [-0.1, -0.05) is 0 Å². The average molecular weight is 222 g/mol. The standard InChI is InChI=1S/C11H14N2O3/c1-6-10(15)8-3-4-16-5-9(8)11(12-6)13-7(2)14/h15H,3-5H2,1-2H3,(H,12,13,14). The average Bonchev–Trinajstić information content (AvgIpc) is 2.25. The number of carbonyl (C=O) groups excluding carboxylic acids is 1. The van der Waals surface area contributed by atoms with Crippen molar-refractivity contribution in [1.82, 2.24) is 4.98 Å². The minimum Gasteiger partial charge on any atom is -0.506 e. The van der Waals surface area contributed by atoms with Gasteiger partial charge in [0.05, 0.1) is 18.9 Å². The van der Waals surface area contributed by atoms with Crippen LogP contribution in [-0.4, -0.2) is 22.6 Å². The Morgan fingerprint density at radius 2 is 2.25 bits per heavy atom. The lowest BCUT2D eigenvalue weighted by Gasteiger charge is -2.21. The van der Waals surface area contributed by atoms with Gasteiger partial charge < -0.3 is 15.2 Å². The first-order chi connectivity index (χ1) is 7.59. The van der Waals surface area contributed by atoms with Gasteiger partial charge in [0.2, 0.25) is 5.91 Å². The van der Waals surface area contributed by atoms with E-state index in [-0.39, 0.29) is 11.7 Å². The van der Waals surface area contributed by atoms with E-state index in [0.29, 0.717) is 31.1 Å². The lowest BCUT2D eigenvalue weighted by molar-refractivity contribution is -0.114. The summed E-state index contributed by atoms with van der Waals surface area (Å²) in [7, 11) is 0. The molecule has 0 saturated carbocycles. The molecule has 1 aliphatic rings. The number of anilines is 1. The number of nitrogens with one attached hydrogen (secondary N) is 1. The molecule has 0 fully saturated rings. The summed E-state index contributed by atoms with van der Waals surface area (Å²) >= 11 is 0. The van der Waals surface area contributed by atoms with Crippen LogP contribution in [0.2, 0.25) is 0 Å². The summed E-state index contributed by atoms with van der Waals surface area (Å²) < 4.78 is 5.31. The maximum atomic E-state index is 11.0. The second-order valence-electron chi connectivity index (χ2n) is 3.84. The summed E-state index contributed by atoms with van der Waals surface area (Å²) in [6, 6.07) is 0. The zero-order valence-electron chi connectivity index (χ0n) is 9.33. The SMILES string of the molecule is CC(=O)Nc1nc(C)c(O)c2c1COCC2. The number of amides is 1. The van der Waals surface area contributed by atoms with Crippen molar-refractivity contribution in [3.05, 3.63) is 16.8 Å². The summed E-state index contributed by atoms with van der Waals surface area (Å²) in [6.45, 7) is 4.12. The molecule has 0 saturated heterocycles. The van der Waals surface area contributed by atoms with Crippen LogP contribution < -0.4 is 5.32 Å². The molecule has 0 bridgehead atoms. The molecule has 1 aromatic heterocycles. The summed E-state index contributed by atoms with van der Waals surface area (Å²) in [4.78, 5) is 15.2. The number of fused-ring (bicyclic) bond motifs is 1. The van der Waals surface area contributed by atoms with Crippen LogP contribution in [0.3, 0.4) is 0 Å². The molecule has 2 heterocycles. The number of aromatic nitrogens is 1. The van der Waals surface area contributed by atoms with Crippen LogP contribution in [0.1, 0.15) is 23.7 Å². The van der Waals surface area contributed by atoms with Crippen LogP contribution in [0.4, 0.5) is 5.82 Å². The Morgan fingerprint density at radius 3 is 2.94 bits per heavy atom. The molecular weight excluding hydrogens is 208 g/mol. The van der Waals surface area contributed by atoms with Crippen molar-refractivity contribution in [2.24, 2.45) is 0 Å². The minimum absolute atomic E-state index is 0.176. The largest absolute Gasteiger partial charge is 0.506 e. The number of pyridine rings is 1. The highest BCUT2D eigenvalue weighted by atomic mass is 16.5. The minimum atomic E-state index is -0.176. The lowest BCUT2D eigenvalue weighted by atomic mass is 10.0. The van der Waals surface area contributed by atoms with Crippen LogP contribution in [0.25, 0.3) is 0 Å². The smallest absolute Gasteiger partial charge is 0.222 e. The third-order valence-corrected chi connectivity index (χ3v) is 2.60. The quantitative estimate of drug-likeness (QED) is 0.747. The van der Waals surface area contributed by atoms with E-state index in [4.69, 9.17) is 4.74 Å². The van der Waals surface area contributed by atoms with Crippen LogP contribution in [0.5, 0.6) is 5.75 Å². The molecule has 0 aromatic carbocycles. The number of carbonyl (C=O) groups is 1.